The van der Waals surface area contributed by atoms with Gasteiger partial charge in [0.1, 0.15) is 0 Å². The maximum atomic E-state index is 11.5. The fourth-order valence-electron chi connectivity index (χ4n) is 1.74. The van der Waals surface area contributed by atoms with Crippen molar-refractivity contribution < 1.29 is 4.79 Å². The van der Waals surface area contributed by atoms with E-state index in [4.69, 9.17) is 0 Å². The summed E-state index contributed by atoms with van der Waals surface area (Å²) in [4.78, 5) is 21.2. The molecule has 0 N–H and O–H groups in total. The molecule has 0 saturated carbocycles. The normalized spacial score (nSPS) is 11.0. The fourth-order valence-corrected chi connectivity index (χ4v) is 2.75. The van der Waals surface area contributed by atoms with Crippen molar-refractivity contribution in [3.8, 4) is 0 Å². The topological polar surface area (TPSA) is 36.4 Å². The van der Waals surface area contributed by atoms with E-state index in [1.165, 1.54) is 11.3 Å². The van der Waals surface area contributed by atoms with Crippen LogP contribution in [0.25, 0.3) is 0 Å². The number of hydrogen-bond donors (Lipinski definition) is 0. The standard InChI is InChI=1S/C13H23N3OS/c1-6-7-16(9-8-15(4)5)13-14-10(2)12(18-13)11(3)17/h6-9H2,1-5H3. The number of nitrogens with zero attached hydrogens (tertiary/aromatic N) is 3. The third kappa shape index (κ3) is 4.07. The number of anilines is 1. The van der Waals surface area contributed by atoms with Crippen LogP contribution < -0.4 is 4.90 Å². The largest absolute Gasteiger partial charge is 0.347 e. The maximum absolute atomic E-state index is 11.5. The molecule has 18 heavy (non-hydrogen) atoms. The van der Waals surface area contributed by atoms with Crippen molar-refractivity contribution in [3.05, 3.63) is 10.6 Å². The predicted octanol–water partition coefficient (Wildman–Crippen LogP) is 2.43. The summed E-state index contributed by atoms with van der Waals surface area (Å²) in [5, 5.41) is 0.974. The lowest BCUT2D eigenvalue weighted by Crippen LogP contribution is -2.32. The van der Waals surface area contributed by atoms with Gasteiger partial charge >= 0.3 is 0 Å². The van der Waals surface area contributed by atoms with Crippen LogP contribution in [0.5, 0.6) is 0 Å². The Morgan fingerprint density at radius 1 is 1.28 bits per heavy atom. The monoisotopic (exact) mass is 269 g/mol. The molecule has 4 nitrogen and oxygen atoms in total. The number of carbonyl (C=O) groups excluding carboxylic acids is 1. The average molecular weight is 269 g/mol. The second-order valence-corrected chi connectivity index (χ2v) is 5.74. The van der Waals surface area contributed by atoms with Crippen molar-refractivity contribution in [3.63, 3.8) is 0 Å². The van der Waals surface area contributed by atoms with Crippen molar-refractivity contribution in [2.45, 2.75) is 27.2 Å². The van der Waals surface area contributed by atoms with Crippen LogP contribution in [0, 0.1) is 6.92 Å². The number of rotatable bonds is 7. The Kier molecular flexibility index (Phi) is 5.75. The summed E-state index contributed by atoms with van der Waals surface area (Å²) < 4.78 is 0. The van der Waals surface area contributed by atoms with Crippen LogP contribution in [-0.2, 0) is 0 Å². The van der Waals surface area contributed by atoms with E-state index in [2.05, 4.69) is 35.8 Å². The number of aromatic nitrogens is 1. The molecule has 0 radical (unpaired) electrons. The molecule has 1 heterocycles. The van der Waals surface area contributed by atoms with Gasteiger partial charge in [0.25, 0.3) is 0 Å². The molecule has 102 valence electrons. The molecule has 0 fully saturated rings. The second kappa shape index (κ2) is 6.85. The van der Waals surface area contributed by atoms with E-state index < -0.39 is 0 Å². The summed E-state index contributed by atoms with van der Waals surface area (Å²) in [6, 6.07) is 0. The Hall–Kier alpha value is -0.940. The minimum Gasteiger partial charge on any atom is -0.347 e. The Morgan fingerprint density at radius 2 is 1.94 bits per heavy atom. The first kappa shape index (κ1) is 15.1. The lowest BCUT2D eigenvalue weighted by Gasteiger charge is -2.23. The van der Waals surface area contributed by atoms with Gasteiger partial charge in [0.2, 0.25) is 0 Å². The van der Waals surface area contributed by atoms with Crippen LogP contribution >= 0.6 is 11.3 Å². The van der Waals surface area contributed by atoms with Crippen molar-refractivity contribution in [2.24, 2.45) is 0 Å². The number of hydrogen-bond acceptors (Lipinski definition) is 5. The molecule has 0 saturated heterocycles. The van der Waals surface area contributed by atoms with Crippen LogP contribution in [0.2, 0.25) is 0 Å². The van der Waals surface area contributed by atoms with Gasteiger partial charge in [-0.3, -0.25) is 4.79 Å². The lowest BCUT2D eigenvalue weighted by atomic mass is 10.3. The minimum atomic E-state index is 0.111. The first-order chi connectivity index (χ1) is 8.45. The van der Waals surface area contributed by atoms with Crippen molar-refractivity contribution in [2.75, 3.05) is 38.6 Å². The van der Waals surface area contributed by atoms with Gasteiger partial charge in [0, 0.05) is 26.6 Å². The van der Waals surface area contributed by atoms with Gasteiger partial charge in [-0.2, -0.15) is 0 Å². The van der Waals surface area contributed by atoms with Gasteiger partial charge in [0.05, 0.1) is 10.6 Å². The summed E-state index contributed by atoms with van der Waals surface area (Å²) in [6.07, 6.45) is 1.08. The van der Waals surface area contributed by atoms with E-state index in [0.717, 1.165) is 41.8 Å². The summed E-state index contributed by atoms with van der Waals surface area (Å²) in [6.45, 7) is 8.60. The number of thiazole rings is 1. The quantitative estimate of drug-likeness (QED) is 0.712. The van der Waals surface area contributed by atoms with Gasteiger partial charge in [-0.1, -0.05) is 18.3 Å². The van der Waals surface area contributed by atoms with Crippen molar-refractivity contribution in [1.82, 2.24) is 9.88 Å². The Bertz CT molecular complexity index is 401. The van der Waals surface area contributed by atoms with Gasteiger partial charge < -0.3 is 9.80 Å². The van der Waals surface area contributed by atoms with Gasteiger partial charge in [0.15, 0.2) is 10.9 Å². The summed E-state index contributed by atoms with van der Waals surface area (Å²) in [7, 11) is 4.14. The highest BCUT2D eigenvalue weighted by Gasteiger charge is 2.16. The third-order valence-electron chi connectivity index (χ3n) is 2.69. The highest BCUT2D eigenvalue weighted by atomic mass is 32.1. The minimum absolute atomic E-state index is 0.111. The van der Waals surface area contributed by atoms with E-state index in [1.807, 2.05) is 6.92 Å². The number of carbonyl (C=O) groups is 1. The zero-order valence-electron chi connectivity index (χ0n) is 12.0. The zero-order chi connectivity index (χ0) is 13.7. The number of Topliss-reactive ketones (excluding diaryl/α,β-unsaturated/α-hetero) is 1. The molecule has 0 bridgehead atoms. The first-order valence-electron chi connectivity index (χ1n) is 6.33. The number of aryl methyl sites for hydroxylation is 1. The molecule has 5 heteroatoms. The van der Waals surface area contributed by atoms with E-state index in [0.29, 0.717) is 0 Å². The summed E-state index contributed by atoms with van der Waals surface area (Å²) >= 11 is 1.51. The van der Waals surface area contributed by atoms with Crippen LogP contribution in [0.1, 0.15) is 35.6 Å². The molecule has 0 atom stereocenters. The van der Waals surface area contributed by atoms with E-state index >= 15 is 0 Å². The van der Waals surface area contributed by atoms with E-state index in [-0.39, 0.29) is 5.78 Å². The SMILES string of the molecule is CCCN(CCN(C)C)c1nc(C)c(C(C)=O)s1. The number of likely N-dealkylation sites (N-methyl/N-ethyl adjacent to an activating group) is 1. The molecular formula is C13H23N3OS. The van der Waals surface area contributed by atoms with E-state index in [9.17, 15) is 4.79 Å². The highest BCUT2D eigenvalue weighted by Crippen LogP contribution is 2.26. The molecule has 1 aromatic rings. The van der Waals surface area contributed by atoms with Crippen LogP contribution in [-0.4, -0.2) is 49.4 Å². The average Bonchev–Trinajstić information content (AvgIpc) is 2.66. The van der Waals surface area contributed by atoms with Gasteiger partial charge in [-0.05, 0) is 27.4 Å². The Morgan fingerprint density at radius 3 is 2.39 bits per heavy atom. The number of ketones is 1. The predicted molar refractivity (Wildman–Crippen MR) is 77.9 cm³/mol. The van der Waals surface area contributed by atoms with Gasteiger partial charge in [-0.25, -0.2) is 4.98 Å². The molecule has 1 aromatic heterocycles. The fraction of sp³-hybridized carbons (Fsp3) is 0.692. The van der Waals surface area contributed by atoms with Gasteiger partial charge in [-0.15, -0.1) is 0 Å². The second-order valence-electron chi connectivity index (χ2n) is 4.76. The molecule has 0 spiro atoms. The molecule has 0 aliphatic rings. The van der Waals surface area contributed by atoms with Crippen molar-refractivity contribution in [1.29, 1.82) is 0 Å². The summed E-state index contributed by atoms with van der Waals surface area (Å²) in [5.41, 5.74) is 0.855. The van der Waals surface area contributed by atoms with Crippen LogP contribution in [0.3, 0.4) is 0 Å². The molecule has 0 aliphatic carbocycles. The molecule has 1 rings (SSSR count). The maximum Gasteiger partial charge on any atom is 0.186 e. The molecular weight excluding hydrogens is 246 g/mol. The molecule has 0 amide bonds. The molecule has 0 aliphatic heterocycles. The third-order valence-corrected chi connectivity index (χ3v) is 4.01. The van der Waals surface area contributed by atoms with E-state index in [1.54, 1.807) is 6.92 Å². The lowest BCUT2D eigenvalue weighted by molar-refractivity contribution is 0.102. The molecule has 0 unspecified atom stereocenters. The van der Waals surface area contributed by atoms with Crippen LogP contribution in [0.15, 0.2) is 0 Å². The van der Waals surface area contributed by atoms with Crippen LogP contribution in [0.4, 0.5) is 5.13 Å². The smallest absolute Gasteiger partial charge is 0.186 e. The Balaban J connectivity index is 2.84. The van der Waals surface area contributed by atoms with Crippen molar-refractivity contribution >= 4 is 22.3 Å². The summed E-state index contributed by atoms with van der Waals surface area (Å²) in [5.74, 6) is 0.111. The zero-order valence-corrected chi connectivity index (χ0v) is 12.8. The first-order valence-corrected chi connectivity index (χ1v) is 7.15. The highest BCUT2D eigenvalue weighted by molar-refractivity contribution is 7.17. The Labute approximate surface area is 114 Å². The molecule has 0 aromatic carbocycles.